The summed E-state index contributed by atoms with van der Waals surface area (Å²) in [5.74, 6) is 3.61. The molecule has 0 aromatic heterocycles. The highest BCUT2D eigenvalue weighted by Gasteiger charge is 2.54. The van der Waals surface area contributed by atoms with E-state index in [1.807, 2.05) is 17.0 Å². The van der Waals surface area contributed by atoms with Crippen molar-refractivity contribution in [1.82, 2.24) is 14.7 Å². The van der Waals surface area contributed by atoms with E-state index in [0.29, 0.717) is 13.1 Å². The summed E-state index contributed by atoms with van der Waals surface area (Å²) in [6.07, 6.45) is 7.63. The van der Waals surface area contributed by atoms with Crippen molar-refractivity contribution < 1.29 is 14.3 Å². The molecule has 5 fully saturated rings. The van der Waals surface area contributed by atoms with Crippen LogP contribution in [0.3, 0.4) is 0 Å². The summed E-state index contributed by atoms with van der Waals surface area (Å²) in [4.78, 5) is 31.9. The van der Waals surface area contributed by atoms with Gasteiger partial charge in [-0.25, -0.2) is 0 Å². The number of amides is 2. The zero-order valence-corrected chi connectivity index (χ0v) is 19.6. The van der Waals surface area contributed by atoms with E-state index in [-0.39, 0.29) is 17.4 Å². The van der Waals surface area contributed by atoms with E-state index in [2.05, 4.69) is 21.9 Å². The quantitative estimate of drug-likeness (QED) is 0.683. The van der Waals surface area contributed by atoms with Crippen LogP contribution in [0.5, 0.6) is 5.75 Å². The van der Waals surface area contributed by atoms with E-state index in [9.17, 15) is 9.59 Å². The fourth-order valence-electron chi connectivity index (χ4n) is 7.37. The second-order valence-corrected chi connectivity index (χ2v) is 10.8. The average molecular weight is 440 g/mol. The summed E-state index contributed by atoms with van der Waals surface area (Å²) in [5.41, 5.74) is 1.17. The molecule has 32 heavy (non-hydrogen) atoms. The second kappa shape index (κ2) is 8.69. The lowest BCUT2D eigenvalue weighted by Crippen LogP contribution is -2.62. The number of hydrogen-bond donors (Lipinski definition) is 0. The zero-order valence-electron chi connectivity index (χ0n) is 19.6. The predicted octanol–water partition coefficient (Wildman–Crippen LogP) is 3.16. The van der Waals surface area contributed by atoms with Crippen molar-refractivity contribution in [3.8, 4) is 5.75 Å². The first-order chi connectivity index (χ1) is 15.4. The standard InChI is InChI=1S/C26H37N3O3/c1-19(30)28-8-6-27(7-9-28)18-25(31)29(17-20-4-3-5-24(13-20)32-2)26-14-21-10-22(15-26)12-23(11-21)16-26/h3-5,13,21-23H,6-12,14-18H2,1-2H3. The van der Waals surface area contributed by atoms with Crippen LogP contribution in [0.25, 0.3) is 0 Å². The predicted molar refractivity (Wildman–Crippen MR) is 123 cm³/mol. The first kappa shape index (κ1) is 21.7. The maximum Gasteiger partial charge on any atom is 0.237 e. The lowest BCUT2D eigenvalue weighted by atomic mass is 9.52. The molecular formula is C26H37N3O3. The molecule has 5 aliphatic rings. The number of methoxy groups -OCH3 is 1. The smallest absolute Gasteiger partial charge is 0.237 e. The molecule has 0 spiro atoms. The van der Waals surface area contributed by atoms with Crippen LogP contribution in [-0.4, -0.2) is 71.9 Å². The molecular weight excluding hydrogens is 402 g/mol. The van der Waals surface area contributed by atoms with Crippen molar-refractivity contribution in [2.24, 2.45) is 17.8 Å². The summed E-state index contributed by atoms with van der Waals surface area (Å²) in [6.45, 7) is 5.74. The number of nitrogens with zero attached hydrogens (tertiary/aromatic N) is 3. The Labute approximate surface area is 191 Å². The Kier molecular flexibility index (Phi) is 5.91. The van der Waals surface area contributed by atoms with Crippen LogP contribution in [0.2, 0.25) is 0 Å². The lowest BCUT2D eigenvalue weighted by Gasteiger charge is -2.60. The summed E-state index contributed by atoms with van der Waals surface area (Å²) in [7, 11) is 1.70. The van der Waals surface area contributed by atoms with Gasteiger partial charge in [0.25, 0.3) is 0 Å². The van der Waals surface area contributed by atoms with Gasteiger partial charge in [0.15, 0.2) is 0 Å². The molecule has 1 aromatic carbocycles. The summed E-state index contributed by atoms with van der Waals surface area (Å²) >= 11 is 0. The van der Waals surface area contributed by atoms with Crippen LogP contribution in [0.15, 0.2) is 24.3 Å². The third-order valence-electron chi connectivity index (χ3n) is 8.53. The maximum atomic E-state index is 13.9. The number of carbonyl (C=O) groups is 2. The average Bonchev–Trinajstić information content (AvgIpc) is 2.77. The molecule has 1 saturated heterocycles. The van der Waals surface area contributed by atoms with Gasteiger partial charge in [-0.2, -0.15) is 0 Å². The van der Waals surface area contributed by atoms with Crippen molar-refractivity contribution in [1.29, 1.82) is 0 Å². The van der Waals surface area contributed by atoms with Gasteiger partial charge in [-0.15, -0.1) is 0 Å². The van der Waals surface area contributed by atoms with Crippen LogP contribution in [0.1, 0.15) is 51.0 Å². The van der Waals surface area contributed by atoms with Gasteiger partial charge in [-0.1, -0.05) is 12.1 Å². The van der Waals surface area contributed by atoms with Gasteiger partial charge >= 0.3 is 0 Å². The molecule has 6 nitrogen and oxygen atoms in total. The monoisotopic (exact) mass is 439 g/mol. The Morgan fingerprint density at radius 2 is 1.66 bits per heavy atom. The minimum absolute atomic E-state index is 0.0239. The second-order valence-electron chi connectivity index (χ2n) is 10.8. The van der Waals surface area contributed by atoms with Gasteiger partial charge in [0.05, 0.1) is 13.7 Å². The van der Waals surface area contributed by atoms with Crippen LogP contribution >= 0.6 is 0 Å². The van der Waals surface area contributed by atoms with Gasteiger partial charge in [-0.05, 0) is 74.0 Å². The van der Waals surface area contributed by atoms with Crippen LogP contribution in [0, 0.1) is 17.8 Å². The van der Waals surface area contributed by atoms with Crippen LogP contribution in [-0.2, 0) is 16.1 Å². The molecule has 2 amide bonds. The minimum atomic E-state index is 0.0239. The highest BCUT2D eigenvalue weighted by Crippen LogP contribution is 2.58. The van der Waals surface area contributed by atoms with Gasteiger partial charge in [0, 0.05) is 45.2 Å². The first-order valence-electron chi connectivity index (χ1n) is 12.4. The molecule has 1 aliphatic heterocycles. The van der Waals surface area contributed by atoms with Crippen LogP contribution < -0.4 is 4.74 Å². The van der Waals surface area contributed by atoms with Gasteiger partial charge in [0.2, 0.25) is 11.8 Å². The van der Waals surface area contributed by atoms with E-state index >= 15 is 0 Å². The Morgan fingerprint density at radius 1 is 1.03 bits per heavy atom. The number of rotatable bonds is 6. The number of benzene rings is 1. The van der Waals surface area contributed by atoms with E-state index in [1.54, 1.807) is 14.0 Å². The molecule has 0 unspecified atom stereocenters. The number of piperazine rings is 1. The highest BCUT2D eigenvalue weighted by atomic mass is 16.5. The molecule has 4 bridgehead atoms. The lowest BCUT2D eigenvalue weighted by molar-refractivity contribution is -0.154. The molecule has 0 radical (unpaired) electrons. The topological polar surface area (TPSA) is 53.1 Å². The van der Waals surface area contributed by atoms with Crippen molar-refractivity contribution in [2.75, 3.05) is 39.8 Å². The first-order valence-corrected chi connectivity index (χ1v) is 12.4. The fraction of sp³-hybridized carbons (Fsp3) is 0.692. The Balaban J connectivity index is 1.36. The summed E-state index contributed by atoms with van der Waals surface area (Å²) in [6, 6.07) is 8.19. The molecule has 0 atom stereocenters. The van der Waals surface area contributed by atoms with Crippen molar-refractivity contribution >= 4 is 11.8 Å². The van der Waals surface area contributed by atoms with E-state index in [0.717, 1.165) is 55.2 Å². The maximum absolute atomic E-state index is 13.9. The van der Waals surface area contributed by atoms with Crippen LogP contribution in [0.4, 0.5) is 0 Å². The normalized spacial score (nSPS) is 31.6. The fourth-order valence-corrected chi connectivity index (χ4v) is 7.37. The SMILES string of the molecule is COc1cccc(CN(C(=O)CN2CCN(C(C)=O)CC2)C23CC4CC(CC(C4)C2)C3)c1. The highest BCUT2D eigenvalue weighted by molar-refractivity contribution is 5.79. The van der Waals surface area contributed by atoms with Crippen molar-refractivity contribution in [3.63, 3.8) is 0 Å². The molecule has 6 heteroatoms. The van der Waals surface area contributed by atoms with Gasteiger partial charge < -0.3 is 14.5 Å². The van der Waals surface area contributed by atoms with Crippen molar-refractivity contribution in [3.05, 3.63) is 29.8 Å². The van der Waals surface area contributed by atoms with Gasteiger partial charge in [0.1, 0.15) is 5.75 Å². The van der Waals surface area contributed by atoms with E-state index in [4.69, 9.17) is 4.74 Å². The molecule has 6 rings (SSSR count). The molecule has 1 aromatic rings. The summed E-state index contributed by atoms with van der Waals surface area (Å²) in [5, 5.41) is 0. The summed E-state index contributed by atoms with van der Waals surface area (Å²) < 4.78 is 5.45. The third kappa shape index (κ3) is 4.26. The Morgan fingerprint density at radius 3 is 2.22 bits per heavy atom. The zero-order chi connectivity index (χ0) is 22.3. The molecule has 4 aliphatic carbocycles. The Hall–Kier alpha value is -2.08. The largest absolute Gasteiger partial charge is 0.497 e. The third-order valence-corrected chi connectivity index (χ3v) is 8.53. The molecule has 4 saturated carbocycles. The number of ether oxygens (including phenoxy) is 1. The molecule has 174 valence electrons. The molecule has 1 heterocycles. The number of carbonyl (C=O) groups excluding carboxylic acids is 2. The minimum Gasteiger partial charge on any atom is -0.497 e. The van der Waals surface area contributed by atoms with E-state index < -0.39 is 0 Å². The van der Waals surface area contributed by atoms with Crippen molar-refractivity contribution in [2.45, 2.75) is 57.5 Å². The molecule has 0 N–H and O–H groups in total. The Bertz CT molecular complexity index is 826. The van der Waals surface area contributed by atoms with E-state index in [1.165, 1.54) is 38.5 Å². The van der Waals surface area contributed by atoms with Gasteiger partial charge in [-0.3, -0.25) is 14.5 Å². The number of hydrogen-bond acceptors (Lipinski definition) is 4.